The number of rotatable bonds is 4. The lowest BCUT2D eigenvalue weighted by Gasteiger charge is -2.23. The molecule has 0 aliphatic carbocycles. The van der Waals surface area contributed by atoms with Crippen molar-refractivity contribution in [2.45, 2.75) is 32.1 Å². The van der Waals surface area contributed by atoms with Crippen LogP contribution >= 0.6 is 0 Å². The fourth-order valence-corrected chi connectivity index (χ4v) is 3.98. The summed E-state index contributed by atoms with van der Waals surface area (Å²) in [6.07, 6.45) is -3.86. The first-order chi connectivity index (χ1) is 15.7. The average molecular weight is 453 g/mol. The lowest BCUT2D eigenvalue weighted by atomic mass is 10.1. The van der Waals surface area contributed by atoms with E-state index >= 15 is 0 Å². The minimum Gasteiger partial charge on any atom is -0.334 e. The maximum absolute atomic E-state index is 13.1. The summed E-state index contributed by atoms with van der Waals surface area (Å²) in [6, 6.07) is 18.6. The molecule has 0 aromatic heterocycles. The summed E-state index contributed by atoms with van der Waals surface area (Å²) in [6.45, 7) is 2.07. The molecule has 2 N–H and O–H groups in total. The number of urea groups is 1. The number of carbonyl (C=O) groups is 2. The highest BCUT2D eigenvalue weighted by Crippen LogP contribution is 2.35. The maximum Gasteiger partial charge on any atom is 0.418 e. The van der Waals surface area contributed by atoms with Crippen LogP contribution in [0, 0.1) is 0 Å². The Labute approximate surface area is 189 Å². The zero-order valence-corrected chi connectivity index (χ0v) is 17.8. The van der Waals surface area contributed by atoms with Crippen LogP contribution in [0.25, 0.3) is 0 Å². The molecule has 1 atom stereocenters. The Kier molecular flexibility index (Phi) is 6.09. The van der Waals surface area contributed by atoms with Crippen molar-refractivity contribution in [3.63, 3.8) is 0 Å². The Hall–Kier alpha value is -3.81. The second kappa shape index (κ2) is 8.97. The molecule has 0 fully saturated rings. The zero-order valence-electron chi connectivity index (χ0n) is 17.8. The summed E-state index contributed by atoms with van der Waals surface area (Å²) >= 11 is 0. The standard InChI is InChI=1S/C25H22F3N3O2/c1-16-13-19-12-11-17(14-22(19)31(16)23(32)18-7-3-2-4-8-18)15-29-24(33)30-21-10-6-5-9-20(21)25(26,27)28/h2-12,14,16H,13,15H2,1H3,(H2,29,30,33)/t16-/m1/s1. The SMILES string of the molecule is C[C@@H]1Cc2ccc(CNC(=O)Nc3ccccc3C(F)(F)F)cc2N1C(=O)c1ccccc1. The number of benzene rings is 3. The van der Waals surface area contributed by atoms with Gasteiger partial charge in [0.25, 0.3) is 5.91 Å². The largest absolute Gasteiger partial charge is 0.418 e. The third-order valence-corrected chi connectivity index (χ3v) is 5.54. The van der Waals surface area contributed by atoms with Crippen LogP contribution in [0.5, 0.6) is 0 Å². The van der Waals surface area contributed by atoms with E-state index in [0.717, 1.165) is 29.3 Å². The molecule has 3 aromatic rings. The van der Waals surface area contributed by atoms with Gasteiger partial charge < -0.3 is 15.5 Å². The van der Waals surface area contributed by atoms with Gasteiger partial charge in [-0.05, 0) is 54.8 Å². The molecule has 0 unspecified atom stereocenters. The van der Waals surface area contributed by atoms with Crippen molar-refractivity contribution < 1.29 is 22.8 Å². The van der Waals surface area contributed by atoms with Crippen molar-refractivity contribution in [2.24, 2.45) is 0 Å². The van der Waals surface area contributed by atoms with E-state index in [4.69, 9.17) is 0 Å². The van der Waals surface area contributed by atoms with Gasteiger partial charge in [-0.2, -0.15) is 13.2 Å². The summed E-state index contributed by atoms with van der Waals surface area (Å²) in [5.41, 5.74) is 1.89. The highest BCUT2D eigenvalue weighted by molar-refractivity contribution is 6.07. The van der Waals surface area contributed by atoms with E-state index in [1.165, 1.54) is 18.2 Å². The molecule has 5 nitrogen and oxygen atoms in total. The minimum atomic E-state index is -4.57. The highest BCUT2D eigenvalue weighted by atomic mass is 19.4. The summed E-state index contributed by atoms with van der Waals surface area (Å²) in [4.78, 5) is 27.1. The van der Waals surface area contributed by atoms with Gasteiger partial charge in [0.05, 0.1) is 11.3 Å². The fourth-order valence-electron chi connectivity index (χ4n) is 3.98. The predicted octanol–water partition coefficient (Wildman–Crippen LogP) is 5.62. The predicted molar refractivity (Wildman–Crippen MR) is 120 cm³/mol. The Morgan fingerprint density at radius 2 is 1.70 bits per heavy atom. The molecule has 0 saturated carbocycles. The first-order valence-electron chi connectivity index (χ1n) is 10.5. The first-order valence-corrected chi connectivity index (χ1v) is 10.5. The van der Waals surface area contributed by atoms with E-state index < -0.39 is 17.8 Å². The van der Waals surface area contributed by atoms with E-state index in [1.54, 1.807) is 17.0 Å². The van der Waals surface area contributed by atoms with E-state index in [-0.39, 0.29) is 24.2 Å². The molecule has 3 aromatic carbocycles. The molecule has 33 heavy (non-hydrogen) atoms. The molecule has 1 aliphatic heterocycles. The van der Waals surface area contributed by atoms with Gasteiger partial charge in [-0.1, -0.05) is 42.5 Å². The van der Waals surface area contributed by atoms with Crippen molar-refractivity contribution >= 4 is 23.3 Å². The molecular formula is C25H22F3N3O2. The summed E-state index contributed by atoms with van der Waals surface area (Å²) in [5, 5.41) is 4.84. The fraction of sp³-hybridized carbons (Fsp3) is 0.200. The van der Waals surface area contributed by atoms with Crippen LogP contribution < -0.4 is 15.5 Å². The van der Waals surface area contributed by atoms with E-state index in [2.05, 4.69) is 10.6 Å². The molecular weight excluding hydrogens is 431 g/mol. The van der Waals surface area contributed by atoms with Crippen LogP contribution in [0.2, 0.25) is 0 Å². The maximum atomic E-state index is 13.1. The molecule has 4 rings (SSSR count). The molecule has 3 amide bonds. The topological polar surface area (TPSA) is 61.4 Å². The molecule has 0 saturated heterocycles. The molecule has 8 heteroatoms. The summed E-state index contributed by atoms with van der Waals surface area (Å²) in [7, 11) is 0. The highest BCUT2D eigenvalue weighted by Gasteiger charge is 2.34. The van der Waals surface area contributed by atoms with Gasteiger partial charge in [0.15, 0.2) is 0 Å². The normalized spacial score (nSPS) is 15.2. The Bertz CT molecular complexity index is 1180. The third-order valence-electron chi connectivity index (χ3n) is 5.54. The van der Waals surface area contributed by atoms with Gasteiger partial charge in [-0.3, -0.25) is 4.79 Å². The molecule has 0 bridgehead atoms. The van der Waals surface area contributed by atoms with Crippen LogP contribution in [0.4, 0.5) is 29.3 Å². The van der Waals surface area contributed by atoms with Crippen molar-refractivity contribution in [1.29, 1.82) is 0 Å². The summed E-state index contributed by atoms with van der Waals surface area (Å²) < 4.78 is 39.4. The number of fused-ring (bicyclic) bond motifs is 1. The van der Waals surface area contributed by atoms with Crippen LogP contribution in [-0.2, 0) is 19.1 Å². The number of halogens is 3. The van der Waals surface area contributed by atoms with Crippen molar-refractivity contribution in [3.05, 3.63) is 95.1 Å². The second-order valence-electron chi connectivity index (χ2n) is 7.91. The lowest BCUT2D eigenvalue weighted by Crippen LogP contribution is -2.35. The van der Waals surface area contributed by atoms with Gasteiger partial charge in [-0.25, -0.2) is 4.79 Å². The van der Waals surface area contributed by atoms with E-state index in [1.807, 2.05) is 43.3 Å². The molecule has 0 radical (unpaired) electrons. The number of alkyl halides is 3. The zero-order chi connectivity index (χ0) is 23.6. The third kappa shape index (κ3) is 4.84. The van der Waals surface area contributed by atoms with Gasteiger partial charge in [0.1, 0.15) is 0 Å². The molecule has 1 heterocycles. The monoisotopic (exact) mass is 453 g/mol. The molecule has 170 valence electrons. The number of anilines is 2. The smallest absolute Gasteiger partial charge is 0.334 e. The molecule has 0 spiro atoms. The van der Waals surface area contributed by atoms with E-state index in [9.17, 15) is 22.8 Å². The lowest BCUT2D eigenvalue weighted by molar-refractivity contribution is -0.136. The first kappa shape index (κ1) is 22.4. The summed E-state index contributed by atoms with van der Waals surface area (Å²) in [5.74, 6) is -0.103. The number of para-hydroxylation sites is 1. The van der Waals surface area contributed by atoms with Crippen molar-refractivity contribution in [3.8, 4) is 0 Å². The Morgan fingerprint density at radius 1 is 1.00 bits per heavy atom. The number of nitrogens with one attached hydrogen (secondary N) is 2. The van der Waals surface area contributed by atoms with Gasteiger partial charge in [0.2, 0.25) is 0 Å². The number of hydrogen-bond donors (Lipinski definition) is 2. The van der Waals surface area contributed by atoms with Crippen LogP contribution in [0.1, 0.15) is 34.0 Å². The quantitative estimate of drug-likeness (QED) is 0.539. The van der Waals surface area contributed by atoms with Gasteiger partial charge in [-0.15, -0.1) is 0 Å². The number of nitrogens with zero attached hydrogens (tertiary/aromatic N) is 1. The Balaban J connectivity index is 1.47. The van der Waals surface area contributed by atoms with Crippen LogP contribution in [0.15, 0.2) is 72.8 Å². The van der Waals surface area contributed by atoms with Crippen molar-refractivity contribution in [1.82, 2.24) is 5.32 Å². The van der Waals surface area contributed by atoms with Crippen LogP contribution in [-0.4, -0.2) is 18.0 Å². The molecule has 1 aliphatic rings. The van der Waals surface area contributed by atoms with Gasteiger partial charge >= 0.3 is 12.2 Å². The van der Waals surface area contributed by atoms with Crippen molar-refractivity contribution in [2.75, 3.05) is 10.2 Å². The number of carbonyl (C=O) groups excluding carboxylic acids is 2. The Morgan fingerprint density at radius 3 is 2.42 bits per heavy atom. The number of amides is 3. The van der Waals surface area contributed by atoms with Gasteiger partial charge in [0, 0.05) is 23.8 Å². The number of hydrogen-bond acceptors (Lipinski definition) is 2. The van der Waals surface area contributed by atoms with E-state index in [0.29, 0.717) is 5.56 Å². The average Bonchev–Trinajstić information content (AvgIpc) is 3.12. The minimum absolute atomic E-state index is 0.0157. The van der Waals surface area contributed by atoms with Crippen LogP contribution in [0.3, 0.4) is 0 Å². The second-order valence-corrected chi connectivity index (χ2v) is 7.91.